The van der Waals surface area contributed by atoms with Crippen molar-refractivity contribution in [1.29, 1.82) is 0 Å². The van der Waals surface area contributed by atoms with Crippen LogP contribution in [-0.2, 0) is 14.2 Å². The second-order valence-corrected chi connectivity index (χ2v) is 7.88. The number of rotatable bonds is 4. The lowest BCUT2D eigenvalue weighted by Crippen LogP contribution is -2.67. The van der Waals surface area contributed by atoms with Gasteiger partial charge in [0.25, 0.3) is 0 Å². The summed E-state index contributed by atoms with van der Waals surface area (Å²) in [6, 6.07) is 0.845. The number of hydrogen-bond donors (Lipinski definition) is 0. The lowest BCUT2D eigenvalue weighted by molar-refractivity contribution is -0.206. The molecule has 0 aromatic heterocycles. The van der Waals surface area contributed by atoms with Gasteiger partial charge in [-0.3, -0.25) is 4.90 Å². The fraction of sp³-hybridized carbons (Fsp3) is 1.00. The summed E-state index contributed by atoms with van der Waals surface area (Å²) in [5, 5.41) is 0. The summed E-state index contributed by atoms with van der Waals surface area (Å²) in [6.45, 7) is 5.95. The summed E-state index contributed by atoms with van der Waals surface area (Å²) in [7, 11) is 0. The van der Waals surface area contributed by atoms with Gasteiger partial charge >= 0.3 is 0 Å². The van der Waals surface area contributed by atoms with Crippen LogP contribution in [0, 0.1) is 5.92 Å². The van der Waals surface area contributed by atoms with Gasteiger partial charge in [-0.25, -0.2) is 0 Å². The van der Waals surface area contributed by atoms with E-state index in [-0.39, 0.29) is 5.60 Å². The van der Waals surface area contributed by atoms with Gasteiger partial charge in [0.1, 0.15) is 0 Å². The topological polar surface area (TPSA) is 30.9 Å². The molecule has 0 amide bonds. The van der Waals surface area contributed by atoms with Crippen LogP contribution in [0.1, 0.15) is 51.4 Å². The molecule has 0 N–H and O–H groups in total. The van der Waals surface area contributed by atoms with Gasteiger partial charge in [0.05, 0.1) is 11.7 Å². The number of ether oxygens (including phenoxy) is 3. The first-order valence-corrected chi connectivity index (χ1v) is 9.40. The SMILES string of the molecule is C1CCC(N2CC3(CC(OCC4CCOCC4)CCO3)C2)C1. The lowest BCUT2D eigenvalue weighted by atomic mass is 9.83. The number of hydrogen-bond acceptors (Lipinski definition) is 4. The molecule has 4 nitrogen and oxygen atoms in total. The molecule has 3 aliphatic heterocycles. The minimum absolute atomic E-state index is 0.126. The van der Waals surface area contributed by atoms with Gasteiger partial charge in [-0.1, -0.05) is 12.8 Å². The van der Waals surface area contributed by atoms with Gasteiger partial charge in [-0.05, 0) is 38.0 Å². The Kier molecular flexibility index (Phi) is 4.72. The Hall–Kier alpha value is -0.160. The molecule has 1 unspecified atom stereocenters. The Balaban J connectivity index is 1.22. The summed E-state index contributed by atoms with van der Waals surface area (Å²) in [4.78, 5) is 2.66. The van der Waals surface area contributed by atoms with Crippen molar-refractivity contribution in [3.8, 4) is 0 Å². The highest BCUT2D eigenvalue weighted by Crippen LogP contribution is 2.39. The molecule has 1 aliphatic carbocycles. The molecule has 3 saturated heterocycles. The van der Waals surface area contributed by atoms with Gasteiger partial charge in [0, 0.05) is 52.0 Å². The van der Waals surface area contributed by atoms with Crippen molar-refractivity contribution < 1.29 is 14.2 Å². The second-order valence-electron chi connectivity index (χ2n) is 7.88. The molecule has 1 saturated carbocycles. The van der Waals surface area contributed by atoms with Crippen molar-refractivity contribution in [3.63, 3.8) is 0 Å². The zero-order valence-electron chi connectivity index (χ0n) is 13.8. The second kappa shape index (κ2) is 6.76. The first kappa shape index (κ1) is 15.4. The molecule has 1 atom stereocenters. The molecule has 126 valence electrons. The van der Waals surface area contributed by atoms with E-state index in [0.717, 1.165) is 58.4 Å². The van der Waals surface area contributed by atoms with Crippen molar-refractivity contribution in [2.75, 3.05) is 39.5 Å². The van der Waals surface area contributed by atoms with E-state index < -0.39 is 0 Å². The zero-order chi connectivity index (χ0) is 14.8. The van der Waals surface area contributed by atoms with E-state index in [4.69, 9.17) is 14.2 Å². The van der Waals surface area contributed by atoms with E-state index in [1.54, 1.807) is 0 Å². The van der Waals surface area contributed by atoms with E-state index in [2.05, 4.69) is 4.90 Å². The predicted octanol–water partition coefficient (Wildman–Crippen LogP) is 2.61. The molecular weight excluding hydrogens is 278 g/mol. The first-order chi connectivity index (χ1) is 10.8. The molecule has 0 aromatic rings. The van der Waals surface area contributed by atoms with Crippen LogP contribution in [0.3, 0.4) is 0 Å². The van der Waals surface area contributed by atoms with Crippen LogP contribution in [-0.4, -0.2) is 62.2 Å². The molecule has 0 aromatic carbocycles. The summed E-state index contributed by atoms with van der Waals surface area (Å²) < 4.78 is 17.9. The predicted molar refractivity (Wildman–Crippen MR) is 85.0 cm³/mol. The monoisotopic (exact) mass is 309 g/mol. The number of nitrogens with zero attached hydrogens (tertiary/aromatic N) is 1. The summed E-state index contributed by atoms with van der Waals surface area (Å²) in [6.07, 6.45) is 10.6. The Morgan fingerprint density at radius 2 is 1.73 bits per heavy atom. The van der Waals surface area contributed by atoms with Crippen molar-refractivity contribution in [3.05, 3.63) is 0 Å². The highest BCUT2D eigenvalue weighted by molar-refractivity contribution is 5.03. The van der Waals surface area contributed by atoms with Crippen LogP contribution in [0.4, 0.5) is 0 Å². The first-order valence-electron chi connectivity index (χ1n) is 9.40. The van der Waals surface area contributed by atoms with Gasteiger partial charge < -0.3 is 14.2 Å². The maximum Gasteiger partial charge on any atom is 0.0959 e. The summed E-state index contributed by atoms with van der Waals surface area (Å²) in [5.74, 6) is 0.712. The van der Waals surface area contributed by atoms with Crippen molar-refractivity contribution in [2.24, 2.45) is 5.92 Å². The molecule has 4 fully saturated rings. The Bertz CT molecular complexity index is 357. The normalized spacial score (nSPS) is 34.1. The molecule has 1 spiro atoms. The third kappa shape index (κ3) is 3.35. The standard InChI is InChI=1S/C18H31NO3/c1-2-4-16(3-1)19-13-18(14-19)11-17(7-10-22-18)21-12-15-5-8-20-9-6-15/h15-17H,1-14H2. The largest absolute Gasteiger partial charge is 0.381 e. The third-order valence-corrected chi connectivity index (χ3v) is 6.18. The Morgan fingerprint density at radius 1 is 0.955 bits per heavy atom. The third-order valence-electron chi connectivity index (χ3n) is 6.18. The molecule has 4 rings (SSSR count). The van der Waals surface area contributed by atoms with E-state index >= 15 is 0 Å². The lowest BCUT2D eigenvalue weighted by Gasteiger charge is -2.55. The van der Waals surface area contributed by atoms with Crippen molar-refractivity contribution in [2.45, 2.75) is 69.1 Å². The van der Waals surface area contributed by atoms with Crippen LogP contribution in [0.25, 0.3) is 0 Å². The van der Waals surface area contributed by atoms with Gasteiger partial charge in [0.15, 0.2) is 0 Å². The average molecular weight is 309 g/mol. The summed E-state index contributed by atoms with van der Waals surface area (Å²) in [5.41, 5.74) is 0.126. The molecule has 0 radical (unpaired) electrons. The van der Waals surface area contributed by atoms with Crippen molar-refractivity contribution in [1.82, 2.24) is 4.90 Å². The molecule has 4 heteroatoms. The molecule has 4 aliphatic rings. The fourth-order valence-electron chi connectivity index (χ4n) is 4.75. The average Bonchev–Trinajstić information content (AvgIpc) is 3.06. The van der Waals surface area contributed by atoms with Crippen LogP contribution in [0.5, 0.6) is 0 Å². The molecule has 3 heterocycles. The molecule has 0 bridgehead atoms. The van der Waals surface area contributed by atoms with Gasteiger partial charge in [0.2, 0.25) is 0 Å². The minimum Gasteiger partial charge on any atom is -0.381 e. The van der Waals surface area contributed by atoms with Crippen LogP contribution in [0.2, 0.25) is 0 Å². The highest BCUT2D eigenvalue weighted by atomic mass is 16.5. The Morgan fingerprint density at radius 3 is 2.50 bits per heavy atom. The number of likely N-dealkylation sites (tertiary alicyclic amines) is 1. The zero-order valence-corrected chi connectivity index (χ0v) is 13.8. The van der Waals surface area contributed by atoms with E-state index in [1.165, 1.54) is 38.5 Å². The van der Waals surface area contributed by atoms with Gasteiger partial charge in [-0.15, -0.1) is 0 Å². The summed E-state index contributed by atoms with van der Waals surface area (Å²) >= 11 is 0. The highest BCUT2D eigenvalue weighted by Gasteiger charge is 2.49. The van der Waals surface area contributed by atoms with E-state index in [9.17, 15) is 0 Å². The molecule has 22 heavy (non-hydrogen) atoms. The smallest absolute Gasteiger partial charge is 0.0959 e. The quantitative estimate of drug-likeness (QED) is 0.799. The van der Waals surface area contributed by atoms with Gasteiger partial charge in [-0.2, -0.15) is 0 Å². The van der Waals surface area contributed by atoms with Crippen LogP contribution < -0.4 is 0 Å². The Labute approximate surface area is 134 Å². The minimum atomic E-state index is 0.126. The van der Waals surface area contributed by atoms with Crippen molar-refractivity contribution >= 4 is 0 Å². The molecular formula is C18H31NO3. The van der Waals surface area contributed by atoms with Crippen LogP contribution in [0.15, 0.2) is 0 Å². The van der Waals surface area contributed by atoms with E-state index in [0.29, 0.717) is 12.0 Å². The fourth-order valence-corrected chi connectivity index (χ4v) is 4.75. The maximum absolute atomic E-state index is 6.26. The van der Waals surface area contributed by atoms with E-state index in [1.807, 2.05) is 0 Å². The van der Waals surface area contributed by atoms with Crippen LogP contribution >= 0.6 is 0 Å². The maximum atomic E-state index is 6.26.